The van der Waals surface area contributed by atoms with E-state index in [0.29, 0.717) is 0 Å². The van der Waals surface area contributed by atoms with Crippen LogP contribution in [-0.2, 0) is 0 Å². The van der Waals surface area contributed by atoms with Gasteiger partial charge in [-0.1, -0.05) is 84.9 Å². The van der Waals surface area contributed by atoms with Gasteiger partial charge in [-0.2, -0.15) is 0 Å². The Labute approximate surface area is 230 Å². The summed E-state index contributed by atoms with van der Waals surface area (Å²) in [7, 11) is 0. The van der Waals surface area contributed by atoms with E-state index >= 15 is 0 Å². The predicted molar refractivity (Wildman–Crippen MR) is 164 cm³/mol. The van der Waals surface area contributed by atoms with Crippen molar-refractivity contribution in [3.63, 3.8) is 0 Å². The summed E-state index contributed by atoms with van der Waals surface area (Å²) in [5.41, 5.74) is 9.96. The molecule has 0 fully saturated rings. The van der Waals surface area contributed by atoms with Gasteiger partial charge >= 0.3 is 0 Å². The highest BCUT2D eigenvalue weighted by Gasteiger charge is 2.10. The number of fused-ring (bicyclic) bond motifs is 6. The summed E-state index contributed by atoms with van der Waals surface area (Å²) >= 11 is 0. The summed E-state index contributed by atoms with van der Waals surface area (Å²) in [6, 6.07) is 42.0. The van der Waals surface area contributed by atoms with Gasteiger partial charge in [-0.3, -0.25) is 9.97 Å². The predicted octanol–water partition coefficient (Wildman–Crippen LogP) is 8.88. The zero-order valence-electron chi connectivity index (χ0n) is 21.5. The van der Waals surface area contributed by atoms with Crippen molar-refractivity contribution in [1.82, 2.24) is 19.9 Å². The van der Waals surface area contributed by atoms with Crippen LogP contribution < -0.4 is 0 Å². The molecule has 4 aromatic heterocycles. The molecule has 0 N–H and O–H groups in total. The molecule has 0 radical (unpaired) electrons. The third-order valence-electron chi connectivity index (χ3n) is 7.51. The highest BCUT2D eigenvalue weighted by atomic mass is 14.8. The summed E-state index contributed by atoms with van der Waals surface area (Å²) in [6.45, 7) is 0. The molecule has 0 spiro atoms. The van der Waals surface area contributed by atoms with Crippen molar-refractivity contribution in [2.45, 2.75) is 0 Å². The molecule has 8 rings (SSSR count). The van der Waals surface area contributed by atoms with Crippen LogP contribution in [0, 0.1) is 0 Å². The van der Waals surface area contributed by atoms with Crippen molar-refractivity contribution in [3.05, 3.63) is 134 Å². The van der Waals surface area contributed by atoms with Crippen LogP contribution in [0.2, 0.25) is 0 Å². The van der Waals surface area contributed by atoms with Crippen molar-refractivity contribution in [1.29, 1.82) is 0 Å². The van der Waals surface area contributed by atoms with Gasteiger partial charge in [0.2, 0.25) is 0 Å². The second-order valence-electron chi connectivity index (χ2n) is 9.98. The molecule has 4 heterocycles. The summed E-state index contributed by atoms with van der Waals surface area (Å²) < 4.78 is 0. The minimum absolute atomic E-state index is 0.924. The molecule has 186 valence electrons. The Bertz CT molecular complexity index is 2080. The summed E-state index contributed by atoms with van der Waals surface area (Å²) in [4.78, 5) is 19.3. The van der Waals surface area contributed by atoms with Gasteiger partial charge in [-0.15, -0.1) is 0 Å². The molecule has 0 aliphatic heterocycles. The molecule has 8 aromatic rings. The molecule has 0 saturated carbocycles. The van der Waals surface area contributed by atoms with E-state index in [-0.39, 0.29) is 0 Å². The SMILES string of the molecule is c1cc(-c2cccc(-c3ccc4ccc5cccnc5c4n3)c2)cc(-c2ccc3ccc4cccnc4c3n2)c1. The zero-order valence-corrected chi connectivity index (χ0v) is 21.5. The Balaban J connectivity index is 1.20. The smallest absolute Gasteiger partial charge is 0.0972 e. The number of rotatable bonds is 3. The number of aromatic nitrogens is 4. The first-order valence-electron chi connectivity index (χ1n) is 13.3. The van der Waals surface area contributed by atoms with Gasteiger partial charge in [-0.05, 0) is 47.5 Å². The fourth-order valence-electron chi connectivity index (χ4n) is 5.49. The van der Waals surface area contributed by atoms with Crippen LogP contribution >= 0.6 is 0 Å². The van der Waals surface area contributed by atoms with E-state index in [1.54, 1.807) is 0 Å². The Kier molecular flexibility index (Phi) is 5.10. The number of nitrogens with zero attached hydrogens (tertiary/aromatic N) is 4. The van der Waals surface area contributed by atoms with Gasteiger partial charge in [-0.25, -0.2) is 9.97 Å². The minimum atomic E-state index is 0.924. The average molecular weight is 511 g/mol. The first-order valence-corrected chi connectivity index (χ1v) is 13.3. The van der Waals surface area contributed by atoms with E-state index in [1.807, 2.05) is 24.5 Å². The van der Waals surface area contributed by atoms with Crippen LogP contribution in [0.15, 0.2) is 134 Å². The lowest BCUT2D eigenvalue weighted by Crippen LogP contribution is -1.90. The lowest BCUT2D eigenvalue weighted by molar-refractivity contribution is 1.37. The van der Waals surface area contributed by atoms with E-state index in [9.17, 15) is 0 Å². The number of hydrogen-bond acceptors (Lipinski definition) is 4. The Morgan fingerprint density at radius 1 is 0.325 bits per heavy atom. The van der Waals surface area contributed by atoms with Crippen LogP contribution in [0.3, 0.4) is 0 Å². The molecule has 0 atom stereocenters. The fraction of sp³-hybridized carbons (Fsp3) is 0. The maximum absolute atomic E-state index is 5.05. The number of hydrogen-bond donors (Lipinski definition) is 0. The van der Waals surface area contributed by atoms with Crippen LogP contribution in [0.1, 0.15) is 0 Å². The van der Waals surface area contributed by atoms with Gasteiger partial charge < -0.3 is 0 Å². The second-order valence-corrected chi connectivity index (χ2v) is 9.98. The molecular weight excluding hydrogens is 488 g/mol. The van der Waals surface area contributed by atoms with Gasteiger partial charge in [0, 0.05) is 45.1 Å². The topological polar surface area (TPSA) is 51.6 Å². The standard InChI is InChI=1S/C36H22N4/c1-5-27(21-29(7-1)31-17-15-25-13-11-23-9-3-19-37-33(23)35(25)39-31)28-6-2-8-30(22-28)32-18-16-26-14-12-24-10-4-20-38-34(24)36(26)40-32/h1-22H. The van der Waals surface area contributed by atoms with E-state index in [2.05, 4.69) is 119 Å². The van der Waals surface area contributed by atoms with Crippen LogP contribution in [-0.4, -0.2) is 19.9 Å². The first-order chi connectivity index (χ1) is 19.8. The fourth-order valence-corrected chi connectivity index (χ4v) is 5.49. The van der Waals surface area contributed by atoms with Gasteiger partial charge in [0.15, 0.2) is 0 Å². The lowest BCUT2D eigenvalue weighted by Gasteiger charge is -2.10. The largest absolute Gasteiger partial charge is 0.254 e. The van der Waals surface area contributed by atoms with Crippen LogP contribution in [0.5, 0.6) is 0 Å². The third kappa shape index (κ3) is 3.77. The monoisotopic (exact) mass is 510 g/mol. The Morgan fingerprint density at radius 2 is 0.725 bits per heavy atom. The quantitative estimate of drug-likeness (QED) is 0.223. The molecule has 4 heteroatoms. The van der Waals surface area contributed by atoms with E-state index in [1.165, 1.54) is 0 Å². The highest BCUT2D eigenvalue weighted by molar-refractivity contribution is 6.04. The van der Waals surface area contributed by atoms with Crippen molar-refractivity contribution in [2.24, 2.45) is 0 Å². The summed E-state index contributed by atoms with van der Waals surface area (Å²) in [5.74, 6) is 0. The van der Waals surface area contributed by atoms with Crippen molar-refractivity contribution in [3.8, 4) is 33.6 Å². The van der Waals surface area contributed by atoms with Gasteiger partial charge in [0.25, 0.3) is 0 Å². The molecule has 0 unspecified atom stereocenters. The Morgan fingerprint density at radius 3 is 1.20 bits per heavy atom. The molecule has 0 aliphatic rings. The van der Waals surface area contributed by atoms with Crippen molar-refractivity contribution >= 4 is 43.6 Å². The molecular formula is C36H22N4. The number of pyridine rings is 4. The lowest BCUT2D eigenvalue weighted by atomic mass is 9.98. The molecule has 0 bridgehead atoms. The highest BCUT2D eigenvalue weighted by Crippen LogP contribution is 2.32. The maximum atomic E-state index is 5.05. The average Bonchev–Trinajstić information content (AvgIpc) is 3.04. The van der Waals surface area contributed by atoms with E-state index in [0.717, 1.165) is 77.3 Å². The third-order valence-corrected chi connectivity index (χ3v) is 7.51. The Hall–Kier alpha value is -5.48. The molecule has 0 amide bonds. The summed E-state index contributed by atoms with van der Waals surface area (Å²) in [5, 5.41) is 4.36. The minimum Gasteiger partial charge on any atom is -0.254 e. The van der Waals surface area contributed by atoms with E-state index < -0.39 is 0 Å². The van der Waals surface area contributed by atoms with Crippen molar-refractivity contribution in [2.75, 3.05) is 0 Å². The molecule has 40 heavy (non-hydrogen) atoms. The first kappa shape index (κ1) is 22.5. The van der Waals surface area contributed by atoms with Gasteiger partial charge in [0.05, 0.1) is 33.5 Å². The van der Waals surface area contributed by atoms with Crippen LogP contribution in [0.25, 0.3) is 77.3 Å². The zero-order chi connectivity index (χ0) is 26.5. The summed E-state index contributed by atoms with van der Waals surface area (Å²) in [6.07, 6.45) is 3.65. The second kappa shape index (κ2) is 9.07. The maximum Gasteiger partial charge on any atom is 0.0972 e. The molecule has 0 aliphatic carbocycles. The molecule has 4 nitrogen and oxygen atoms in total. The van der Waals surface area contributed by atoms with E-state index in [4.69, 9.17) is 9.97 Å². The molecule has 4 aromatic carbocycles. The normalized spacial score (nSPS) is 11.5. The van der Waals surface area contributed by atoms with Crippen molar-refractivity contribution < 1.29 is 0 Å². The van der Waals surface area contributed by atoms with Gasteiger partial charge in [0.1, 0.15) is 0 Å². The molecule has 0 saturated heterocycles. The number of benzene rings is 4. The van der Waals surface area contributed by atoms with Crippen LogP contribution in [0.4, 0.5) is 0 Å².